The van der Waals surface area contributed by atoms with Gasteiger partial charge in [0, 0.05) is 23.6 Å². The molecule has 20 heavy (non-hydrogen) atoms. The van der Waals surface area contributed by atoms with Crippen LogP contribution in [0.15, 0.2) is 42.7 Å². The van der Waals surface area contributed by atoms with Crippen molar-refractivity contribution >= 4 is 28.9 Å². The summed E-state index contributed by atoms with van der Waals surface area (Å²) in [6, 6.07) is 11.2. The zero-order chi connectivity index (χ0) is 14.6. The molecule has 0 aliphatic rings. The highest BCUT2D eigenvalue weighted by molar-refractivity contribution is 6.42. The Morgan fingerprint density at radius 2 is 2.10 bits per heavy atom. The molecule has 2 aromatic rings. The second kappa shape index (κ2) is 6.13. The molecule has 0 radical (unpaired) electrons. The van der Waals surface area contributed by atoms with Gasteiger partial charge in [-0.25, -0.2) is 0 Å². The van der Waals surface area contributed by atoms with E-state index in [2.05, 4.69) is 16.4 Å². The minimum Gasteiger partial charge on any atom is -0.364 e. The third-order valence-electron chi connectivity index (χ3n) is 3.15. The van der Waals surface area contributed by atoms with Gasteiger partial charge in [0.25, 0.3) is 0 Å². The van der Waals surface area contributed by atoms with Crippen molar-refractivity contribution in [1.82, 2.24) is 4.98 Å². The van der Waals surface area contributed by atoms with E-state index in [0.29, 0.717) is 16.5 Å². The van der Waals surface area contributed by atoms with Crippen LogP contribution in [0.2, 0.25) is 10.0 Å². The summed E-state index contributed by atoms with van der Waals surface area (Å²) in [4.78, 5) is 4.08. The molecule has 5 heteroatoms. The van der Waals surface area contributed by atoms with Crippen LogP contribution >= 0.6 is 23.2 Å². The largest absolute Gasteiger partial charge is 0.364 e. The number of hydrogen-bond donors (Lipinski definition) is 1. The summed E-state index contributed by atoms with van der Waals surface area (Å²) in [5, 5.41) is 13.8. The van der Waals surface area contributed by atoms with E-state index in [1.54, 1.807) is 30.6 Å². The maximum atomic E-state index is 9.62. The first-order chi connectivity index (χ1) is 9.61. The van der Waals surface area contributed by atoms with E-state index in [-0.39, 0.29) is 0 Å². The van der Waals surface area contributed by atoms with Gasteiger partial charge in [0.2, 0.25) is 0 Å². The molecule has 1 N–H and O–H groups in total. The number of aromatic nitrogens is 1. The summed E-state index contributed by atoms with van der Waals surface area (Å²) >= 11 is 11.9. The van der Waals surface area contributed by atoms with Crippen LogP contribution in [0, 0.1) is 11.3 Å². The Hall–Kier alpha value is -1.76. The van der Waals surface area contributed by atoms with Gasteiger partial charge in [-0.05, 0) is 30.7 Å². The van der Waals surface area contributed by atoms with Crippen molar-refractivity contribution in [2.24, 2.45) is 0 Å². The van der Waals surface area contributed by atoms with E-state index in [4.69, 9.17) is 23.2 Å². The average Bonchev–Trinajstić information content (AvgIpc) is 2.49. The Balaban J connectivity index is 2.40. The molecule has 102 valence electrons. The normalized spacial score (nSPS) is 13.3. The van der Waals surface area contributed by atoms with Crippen LogP contribution in [0.4, 0.5) is 5.69 Å². The molecule has 3 nitrogen and oxygen atoms in total. The molecular weight excluding hydrogens is 293 g/mol. The molecule has 1 aromatic heterocycles. The van der Waals surface area contributed by atoms with Crippen LogP contribution in [0.5, 0.6) is 0 Å². The molecule has 1 atom stereocenters. The van der Waals surface area contributed by atoms with Crippen LogP contribution < -0.4 is 5.32 Å². The van der Waals surface area contributed by atoms with E-state index in [0.717, 1.165) is 11.3 Å². The lowest BCUT2D eigenvalue weighted by Gasteiger charge is -2.28. The lowest BCUT2D eigenvalue weighted by Crippen LogP contribution is -2.33. The van der Waals surface area contributed by atoms with Crippen LogP contribution in [-0.4, -0.2) is 4.98 Å². The number of nitriles is 1. The fourth-order valence-electron chi connectivity index (χ4n) is 1.97. The number of pyridine rings is 1. The zero-order valence-electron chi connectivity index (χ0n) is 10.9. The highest BCUT2D eigenvalue weighted by Crippen LogP contribution is 2.31. The van der Waals surface area contributed by atoms with Crippen molar-refractivity contribution in [3.63, 3.8) is 0 Å². The van der Waals surface area contributed by atoms with Gasteiger partial charge >= 0.3 is 0 Å². The number of anilines is 1. The van der Waals surface area contributed by atoms with Crippen LogP contribution in [0.25, 0.3) is 0 Å². The summed E-state index contributed by atoms with van der Waals surface area (Å²) in [6.07, 6.45) is 3.97. The zero-order valence-corrected chi connectivity index (χ0v) is 12.4. The molecule has 1 unspecified atom stereocenters. The minimum absolute atomic E-state index is 0.450. The van der Waals surface area contributed by atoms with Crippen molar-refractivity contribution < 1.29 is 0 Å². The molecule has 0 spiro atoms. The predicted octanol–water partition coefficient (Wildman–Crippen LogP) is 4.63. The maximum Gasteiger partial charge on any atom is 0.152 e. The Morgan fingerprint density at radius 1 is 1.30 bits per heavy atom. The molecular formula is C15H13Cl2N3. The number of rotatable bonds is 4. The van der Waals surface area contributed by atoms with Gasteiger partial charge < -0.3 is 5.32 Å². The highest BCUT2D eigenvalue weighted by atomic mass is 35.5. The first kappa shape index (κ1) is 14.6. The molecule has 0 aliphatic heterocycles. The summed E-state index contributed by atoms with van der Waals surface area (Å²) in [5.41, 5.74) is 0.716. The number of benzene rings is 1. The van der Waals surface area contributed by atoms with Crippen molar-refractivity contribution in [3.8, 4) is 6.07 Å². The van der Waals surface area contributed by atoms with Gasteiger partial charge in [0.15, 0.2) is 5.54 Å². The summed E-state index contributed by atoms with van der Waals surface area (Å²) in [7, 11) is 0. The minimum atomic E-state index is -0.842. The fraction of sp³-hybridized carbons (Fsp3) is 0.200. The second-order valence-electron chi connectivity index (χ2n) is 4.37. The number of halogens is 2. The van der Waals surface area contributed by atoms with Crippen molar-refractivity contribution in [3.05, 3.63) is 58.3 Å². The molecule has 2 rings (SSSR count). The predicted molar refractivity (Wildman–Crippen MR) is 81.9 cm³/mol. The average molecular weight is 306 g/mol. The lowest BCUT2D eigenvalue weighted by atomic mass is 9.89. The summed E-state index contributed by atoms with van der Waals surface area (Å²) < 4.78 is 0. The molecule has 0 bridgehead atoms. The first-order valence-corrected chi connectivity index (χ1v) is 6.92. The van der Waals surface area contributed by atoms with E-state index in [9.17, 15) is 5.26 Å². The molecule has 0 amide bonds. The Kier molecular flexibility index (Phi) is 4.49. The van der Waals surface area contributed by atoms with Gasteiger partial charge in [0.1, 0.15) is 0 Å². The van der Waals surface area contributed by atoms with Crippen LogP contribution in [0.1, 0.15) is 18.9 Å². The Morgan fingerprint density at radius 3 is 2.65 bits per heavy atom. The molecule has 0 saturated carbocycles. The molecule has 0 fully saturated rings. The second-order valence-corrected chi connectivity index (χ2v) is 5.18. The van der Waals surface area contributed by atoms with Crippen molar-refractivity contribution in [1.29, 1.82) is 5.26 Å². The van der Waals surface area contributed by atoms with Gasteiger partial charge in [-0.2, -0.15) is 5.26 Å². The van der Waals surface area contributed by atoms with E-state index >= 15 is 0 Å². The number of hydrogen-bond acceptors (Lipinski definition) is 3. The van der Waals surface area contributed by atoms with E-state index in [1.165, 1.54) is 0 Å². The number of nitrogens with zero attached hydrogens (tertiary/aromatic N) is 2. The SMILES string of the molecule is CCC(C#N)(Nc1ccc(Cl)c(Cl)c1)c1cccnc1. The van der Waals surface area contributed by atoms with Crippen LogP contribution in [0.3, 0.4) is 0 Å². The third kappa shape index (κ3) is 2.87. The molecule has 1 aromatic carbocycles. The van der Waals surface area contributed by atoms with Gasteiger partial charge in [0.05, 0.1) is 16.1 Å². The quantitative estimate of drug-likeness (QED) is 0.896. The van der Waals surface area contributed by atoms with Gasteiger partial charge in [-0.15, -0.1) is 0 Å². The lowest BCUT2D eigenvalue weighted by molar-refractivity contribution is 0.602. The van der Waals surface area contributed by atoms with Crippen molar-refractivity contribution in [2.75, 3.05) is 5.32 Å². The summed E-state index contributed by atoms with van der Waals surface area (Å²) in [6.45, 7) is 1.95. The maximum absolute atomic E-state index is 9.62. The monoisotopic (exact) mass is 305 g/mol. The first-order valence-electron chi connectivity index (χ1n) is 6.16. The van der Waals surface area contributed by atoms with E-state index in [1.807, 2.05) is 19.1 Å². The Labute approximate surface area is 128 Å². The van der Waals surface area contributed by atoms with Crippen LogP contribution in [-0.2, 0) is 5.54 Å². The third-order valence-corrected chi connectivity index (χ3v) is 3.89. The topological polar surface area (TPSA) is 48.7 Å². The van der Waals surface area contributed by atoms with Gasteiger partial charge in [-0.1, -0.05) is 36.2 Å². The van der Waals surface area contributed by atoms with Crippen molar-refractivity contribution in [2.45, 2.75) is 18.9 Å². The summed E-state index contributed by atoms with van der Waals surface area (Å²) in [5.74, 6) is 0. The highest BCUT2D eigenvalue weighted by Gasteiger charge is 2.30. The number of nitrogens with one attached hydrogen (secondary N) is 1. The Bertz CT molecular complexity index is 637. The van der Waals surface area contributed by atoms with Gasteiger partial charge in [-0.3, -0.25) is 4.98 Å². The van der Waals surface area contributed by atoms with E-state index < -0.39 is 5.54 Å². The smallest absolute Gasteiger partial charge is 0.152 e. The fourth-order valence-corrected chi connectivity index (χ4v) is 2.27. The molecule has 0 aliphatic carbocycles. The standard InChI is InChI=1S/C15H13Cl2N3/c1-2-15(10-18,11-4-3-7-19-9-11)20-12-5-6-13(16)14(17)8-12/h3-9,20H,2H2,1H3. The molecule has 0 saturated heterocycles. The molecule has 1 heterocycles.